The quantitative estimate of drug-likeness (QED) is 0.776. The van der Waals surface area contributed by atoms with Gasteiger partial charge in [-0.25, -0.2) is 0 Å². The molecule has 1 saturated carbocycles. The summed E-state index contributed by atoms with van der Waals surface area (Å²) in [6.45, 7) is 0. The van der Waals surface area contributed by atoms with Gasteiger partial charge >= 0.3 is 0 Å². The van der Waals surface area contributed by atoms with Gasteiger partial charge in [-0.15, -0.1) is 0 Å². The zero-order valence-corrected chi connectivity index (χ0v) is 10.5. The fourth-order valence-electron chi connectivity index (χ4n) is 3.35. The smallest absolute Gasteiger partial charge is 0.151 e. The zero-order valence-electron chi connectivity index (χ0n) is 10.5. The molecule has 2 aromatic carbocycles. The van der Waals surface area contributed by atoms with E-state index in [2.05, 4.69) is 0 Å². The van der Waals surface area contributed by atoms with Crippen LogP contribution in [0.5, 0.6) is 5.75 Å². The first kappa shape index (κ1) is 10.8. The van der Waals surface area contributed by atoms with Gasteiger partial charge in [0.25, 0.3) is 0 Å². The van der Waals surface area contributed by atoms with Gasteiger partial charge in [-0.05, 0) is 18.1 Å². The first-order chi connectivity index (χ1) is 9.34. The number of carbonyl (C=O) groups excluding carboxylic acids is 1. The Balaban J connectivity index is 1.72. The molecule has 1 aliphatic heterocycles. The molecule has 0 radical (unpaired) electrons. The predicted octanol–water partition coefficient (Wildman–Crippen LogP) is 3.29. The lowest BCUT2D eigenvalue weighted by atomic mass is 9.92. The van der Waals surface area contributed by atoms with E-state index in [1.54, 1.807) is 0 Å². The third kappa shape index (κ3) is 1.53. The van der Waals surface area contributed by atoms with Gasteiger partial charge < -0.3 is 4.74 Å². The number of ether oxygens (including phenoxy) is 1. The molecule has 3 atom stereocenters. The van der Waals surface area contributed by atoms with Crippen LogP contribution in [0.1, 0.15) is 29.4 Å². The minimum absolute atomic E-state index is 0.00967. The van der Waals surface area contributed by atoms with Crippen molar-refractivity contribution < 1.29 is 9.53 Å². The summed E-state index contributed by atoms with van der Waals surface area (Å²) in [5, 5.41) is 0. The van der Waals surface area contributed by atoms with Crippen LogP contribution in [-0.4, -0.2) is 11.9 Å². The summed E-state index contributed by atoms with van der Waals surface area (Å²) < 4.78 is 5.93. The highest BCUT2D eigenvalue weighted by Gasteiger charge is 2.49. The summed E-state index contributed by atoms with van der Waals surface area (Å²) >= 11 is 0. The Hall–Kier alpha value is -2.09. The number of rotatable bonds is 1. The highest BCUT2D eigenvalue weighted by molar-refractivity contribution is 5.96. The van der Waals surface area contributed by atoms with Crippen molar-refractivity contribution in [2.24, 2.45) is 0 Å². The highest BCUT2D eigenvalue weighted by Crippen LogP contribution is 2.49. The van der Waals surface area contributed by atoms with Gasteiger partial charge in [-0.2, -0.15) is 0 Å². The Morgan fingerprint density at radius 2 is 1.68 bits per heavy atom. The van der Waals surface area contributed by atoms with Crippen LogP contribution in [0.3, 0.4) is 0 Å². The van der Waals surface area contributed by atoms with Crippen molar-refractivity contribution in [2.45, 2.75) is 24.4 Å². The zero-order chi connectivity index (χ0) is 12.8. The van der Waals surface area contributed by atoms with Gasteiger partial charge in [-0.1, -0.05) is 48.5 Å². The van der Waals surface area contributed by atoms with E-state index in [4.69, 9.17) is 4.74 Å². The number of hydrogen-bond donors (Lipinski definition) is 0. The molecule has 2 aliphatic rings. The van der Waals surface area contributed by atoms with Gasteiger partial charge in [0, 0.05) is 11.5 Å². The van der Waals surface area contributed by atoms with Crippen molar-refractivity contribution in [1.29, 1.82) is 0 Å². The molecular formula is C17H14O2. The maximum absolute atomic E-state index is 12.7. The Bertz CT molecular complexity index is 633. The molecule has 19 heavy (non-hydrogen) atoms. The van der Waals surface area contributed by atoms with Crippen molar-refractivity contribution in [3.8, 4) is 5.75 Å². The van der Waals surface area contributed by atoms with E-state index >= 15 is 0 Å². The van der Waals surface area contributed by atoms with Crippen LogP contribution in [0.2, 0.25) is 0 Å². The van der Waals surface area contributed by atoms with E-state index in [1.807, 2.05) is 54.6 Å². The molecule has 94 valence electrons. The molecule has 0 aromatic heterocycles. The fourth-order valence-corrected chi connectivity index (χ4v) is 3.35. The summed E-state index contributed by atoms with van der Waals surface area (Å²) in [5.41, 5.74) is 2.18. The molecule has 0 amide bonds. The van der Waals surface area contributed by atoms with Crippen molar-refractivity contribution in [3.63, 3.8) is 0 Å². The molecule has 1 aliphatic carbocycles. The average molecular weight is 250 g/mol. The molecule has 0 bridgehead atoms. The summed E-state index contributed by atoms with van der Waals surface area (Å²) in [4.78, 5) is 12.7. The Kier molecular flexibility index (Phi) is 2.25. The van der Waals surface area contributed by atoms with Crippen molar-refractivity contribution in [2.75, 3.05) is 0 Å². The van der Waals surface area contributed by atoms with Crippen molar-refractivity contribution in [3.05, 3.63) is 65.7 Å². The van der Waals surface area contributed by atoms with Crippen LogP contribution in [0.4, 0.5) is 0 Å². The minimum Gasteiger partial charge on any atom is -0.489 e. The van der Waals surface area contributed by atoms with Gasteiger partial charge in [0.15, 0.2) is 5.78 Å². The summed E-state index contributed by atoms with van der Waals surface area (Å²) in [7, 11) is 0. The van der Waals surface area contributed by atoms with Crippen LogP contribution in [0.25, 0.3) is 0 Å². The van der Waals surface area contributed by atoms with Crippen molar-refractivity contribution in [1.82, 2.24) is 0 Å². The first-order valence-electron chi connectivity index (χ1n) is 6.69. The molecular weight excluding hydrogens is 236 g/mol. The largest absolute Gasteiger partial charge is 0.489 e. The minimum atomic E-state index is -0.0681. The van der Waals surface area contributed by atoms with E-state index in [1.165, 1.54) is 0 Å². The standard InChI is InChI=1S/C17H14O2/c18-17-13(11-6-2-1-3-7-11)10-15-16(17)12-8-4-5-9-14(12)19-15/h1-9,13,15-16H,10H2. The molecule has 0 spiro atoms. The second-order valence-corrected chi connectivity index (χ2v) is 5.27. The first-order valence-corrected chi connectivity index (χ1v) is 6.69. The number of fused-ring (bicyclic) bond motifs is 3. The van der Waals surface area contributed by atoms with Crippen LogP contribution in [0.15, 0.2) is 54.6 Å². The summed E-state index contributed by atoms with van der Waals surface area (Å²) in [6.07, 6.45) is 0.817. The van der Waals surface area contributed by atoms with Crippen LogP contribution < -0.4 is 4.74 Å². The normalized spacial score (nSPS) is 27.8. The lowest BCUT2D eigenvalue weighted by molar-refractivity contribution is -0.120. The Labute approximate surface area is 112 Å². The van der Waals surface area contributed by atoms with Gasteiger partial charge in [0.1, 0.15) is 11.9 Å². The predicted molar refractivity (Wildman–Crippen MR) is 72.4 cm³/mol. The molecule has 2 nitrogen and oxygen atoms in total. The molecule has 2 heteroatoms. The van der Waals surface area contributed by atoms with Crippen LogP contribution >= 0.6 is 0 Å². The number of Topliss-reactive ketones (excluding diaryl/α,β-unsaturated/α-hetero) is 1. The molecule has 2 aromatic rings. The second-order valence-electron chi connectivity index (χ2n) is 5.27. The number of ketones is 1. The number of benzene rings is 2. The van der Waals surface area contributed by atoms with Crippen LogP contribution in [0, 0.1) is 0 Å². The summed E-state index contributed by atoms with van der Waals surface area (Å²) in [5.74, 6) is 1.12. The van der Waals surface area contributed by atoms with Crippen molar-refractivity contribution >= 4 is 5.78 Å². The lowest BCUT2D eigenvalue weighted by Gasteiger charge is -2.11. The van der Waals surface area contributed by atoms with E-state index < -0.39 is 0 Å². The van der Waals surface area contributed by atoms with E-state index in [9.17, 15) is 4.79 Å². The Morgan fingerprint density at radius 3 is 2.53 bits per heavy atom. The monoisotopic (exact) mass is 250 g/mol. The fraction of sp³-hybridized carbons (Fsp3) is 0.235. The van der Waals surface area contributed by atoms with E-state index in [0.717, 1.165) is 23.3 Å². The number of para-hydroxylation sites is 1. The van der Waals surface area contributed by atoms with Gasteiger partial charge in [0.05, 0.1) is 5.92 Å². The van der Waals surface area contributed by atoms with E-state index in [0.29, 0.717) is 5.78 Å². The average Bonchev–Trinajstić information content (AvgIpc) is 2.97. The maximum atomic E-state index is 12.7. The van der Waals surface area contributed by atoms with Gasteiger partial charge in [-0.3, -0.25) is 4.79 Å². The molecule has 1 fully saturated rings. The number of hydrogen-bond acceptors (Lipinski definition) is 2. The SMILES string of the molecule is O=C1C(c2ccccc2)CC2Oc3ccccc3C12. The maximum Gasteiger partial charge on any atom is 0.151 e. The van der Waals surface area contributed by atoms with E-state index in [-0.39, 0.29) is 17.9 Å². The van der Waals surface area contributed by atoms with Gasteiger partial charge in [0.2, 0.25) is 0 Å². The van der Waals surface area contributed by atoms with Crippen LogP contribution in [-0.2, 0) is 4.79 Å². The number of carbonyl (C=O) groups is 1. The third-order valence-electron chi connectivity index (χ3n) is 4.22. The molecule has 1 heterocycles. The highest BCUT2D eigenvalue weighted by atomic mass is 16.5. The molecule has 3 unspecified atom stereocenters. The molecule has 0 N–H and O–H groups in total. The second kappa shape index (κ2) is 3.95. The Morgan fingerprint density at radius 1 is 0.947 bits per heavy atom. The summed E-state index contributed by atoms with van der Waals surface area (Å²) in [6, 6.07) is 18.0. The third-order valence-corrected chi connectivity index (χ3v) is 4.22. The lowest BCUT2D eigenvalue weighted by Crippen LogP contribution is -2.15. The molecule has 0 saturated heterocycles. The topological polar surface area (TPSA) is 26.3 Å². The molecule has 4 rings (SSSR count).